The van der Waals surface area contributed by atoms with Gasteiger partial charge in [0.15, 0.2) is 4.32 Å². The molecule has 1 fully saturated rings. The van der Waals surface area contributed by atoms with Gasteiger partial charge in [-0.15, -0.1) is 0 Å². The van der Waals surface area contributed by atoms with E-state index in [0.717, 1.165) is 29.1 Å². The molecular formula is C22H24N2O2S2. The van der Waals surface area contributed by atoms with Crippen molar-refractivity contribution in [1.82, 2.24) is 0 Å². The van der Waals surface area contributed by atoms with E-state index in [1.807, 2.05) is 80.5 Å². The van der Waals surface area contributed by atoms with E-state index in [9.17, 15) is 4.79 Å². The Hall–Kier alpha value is -2.31. The van der Waals surface area contributed by atoms with Gasteiger partial charge in [0.2, 0.25) is 0 Å². The number of hydrogen-bond acceptors (Lipinski definition) is 5. The molecule has 0 bridgehead atoms. The number of nitrogens with zero attached hydrogens (tertiary/aromatic N) is 2. The summed E-state index contributed by atoms with van der Waals surface area (Å²) in [5, 5.41) is 0. The van der Waals surface area contributed by atoms with Crippen molar-refractivity contribution in [2.75, 3.05) is 23.9 Å². The number of hydrogen-bond donors (Lipinski definition) is 0. The second-order valence-corrected chi connectivity index (χ2v) is 8.51. The zero-order chi connectivity index (χ0) is 20.3. The molecule has 0 N–H and O–H groups in total. The van der Waals surface area contributed by atoms with Gasteiger partial charge in [-0.25, -0.2) is 0 Å². The third-order valence-electron chi connectivity index (χ3n) is 4.51. The summed E-state index contributed by atoms with van der Waals surface area (Å²) in [5.41, 5.74) is 2.80. The first-order valence-electron chi connectivity index (χ1n) is 9.21. The Balaban J connectivity index is 1.77. The maximum Gasteiger partial charge on any atom is 0.270 e. The summed E-state index contributed by atoms with van der Waals surface area (Å²) >= 11 is 6.78. The smallest absolute Gasteiger partial charge is 0.270 e. The Morgan fingerprint density at radius 1 is 1.14 bits per heavy atom. The van der Waals surface area contributed by atoms with Gasteiger partial charge in [-0.05, 0) is 61.4 Å². The van der Waals surface area contributed by atoms with Crippen molar-refractivity contribution in [2.24, 2.45) is 0 Å². The third kappa shape index (κ3) is 4.56. The van der Waals surface area contributed by atoms with Gasteiger partial charge in [0.05, 0.1) is 16.7 Å². The topological polar surface area (TPSA) is 32.8 Å². The standard InChI is InChI=1S/C22H24N2O2S2/c1-5-15(2)26-19-12-6-16(7-13-19)14-20-21(25)24(22(27)28-20)18-10-8-17(9-11-18)23(3)4/h6-15H,5H2,1-4H3/b20-14-/t15-/m0/s1. The van der Waals surface area contributed by atoms with Gasteiger partial charge >= 0.3 is 0 Å². The van der Waals surface area contributed by atoms with Crippen LogP contribution in [0.15, 0.2) is 53.4 Å². The molecule has 6 heteroatoms. The number of ether oxygens (including phenoxy) is 1. The van der Waals surface area contributed by atoms with E-state index >= 15 is 0 Å². The first-order valence-corrected chi connectivity index (χ1v) is 10.4. The van der Waals surface area contributed by atoms with Crippen molar-refractivity contribution in [1.29, 1.82) is 0 Å². The number of carbonyl (C=O) groups is 1. The second kappa shape index (κ2) is 8.80. The van der Waals surface area contributed by atoms with Crippen molar-refractivity contribution in [2.45, 2.75) is 26.4 Å². The molecular weight excluding hydrogens is 388 g/mol. The fraction of sp³-hybridized carbons (Fsp3) is 0.273. The molecule has 0 unspecified atom stereocenters. The van der Waals surface area contributed by atoms with Crippen LogP contribution in [-0.2, 0) is 4.79 Å². The lowest BCUT2D eigenvalue weighted by Crippen LogP contribution is -2.27. The molecule has 1 atom stereocenters. The minimum absolute atomic E-state index is 0.0902. The number of rotatable bonds is 6. The van der Waals surface area contributed by atoms with E-state index in [1.54, 1.807) is 4.90 Å². The predicted molar refractivity (Wildman–Crippen MR) is 123 cm³/mol. The molecule has 2 aromatic carbocycles. The largest absolute Gasteiger partial charge is 0.491 e. The van der Waals surface area contributed by atoms with Crippen molar-refractivity contribution >= 4 is 51.7 Å². The molecule has 1 aliphatic rings. The fourth-order valence-electron chi connectivity index (χ4n) is 2.70. The zero-order valence-electron chi connectivity index (χ0n) is 16.5. The van der Waals surface area contributed by atoms with Crippen LogP contribution in [0.3, 0.4) is 0 Å². The predicted octanol–water partition coefficient (Wildman–Crippen LogP) is 5.34. The highest BCUT2D eigenvalue weighted by Crippen LogP contribution is 2.36. The van der Waals surface area contributed by atoms with Crippen LogP contribution < -0.4 is 14.5 Å². The molecule has 2 aromatic rings. The van der Waals surface area contributed by atoms with Gasteiger partial charge in [-0.1, -0.05) is 43.0 Å². The number of carbonyl (C=O) groups excluding carboxylic acids is 1. The lowest BCUT2D eigenvalue weighted by atomic mass is 10.2. The summed E-state index contributed by atoms with van der Waals surface area (Å²) in [4.78, 5) is 17.1. The summed E-state index contributed by atoms with van der Waals surface area (Å²) in [6.45, 7) is 4.14. The summed E-state index contributed by atoms with van der Waals surface area (Å²) in [6.07, 6.45) is 3.02. The molecule has 0 radical (unpaired) electrons. The van der Waals surface area contributed by atoms with Crippen LogP contribution in [-0.4, -0.2) is 30.4 Å². The average Bonchev–Trinajstić information content (AvgIpc) is 2.96. The van der Waals surface area contributed by atoms with E-state index in [2.05, 4.69) is 6.92 Å². The zero-order valence-corrected chi connectivity index (χ0v) is 18.1. The maximum absolute atomic E-state index is 12.9. The fourth-order valence-corrected chi connectivity index (χ4v) is 4.00. The van der Waals surface area contributed by atoms with Crippen LogP contribution in [0.1, 0.15) is 25.8 Å². The Morgan fingerprint density at radius 2 is 1.79 bits per heavy atom. The summed E-state index contributed by atoms with van der Waals surface area (Å²) in [6, 6.07) is 15.6. The monoisotopic (exact) mass is 412 g/mol. The van der Waals surface area contributed by atoms with Crippen molar-refractivity contribution in [3.8, 4) is 5.75 Å². The van der Waals surface area contributed by atoms with E-state index in [-0.39, 0.29) is 12.0 Å². The highest BCUT2D eigenvalue weighted by atomic mass is 32.2. The van der Waals surface area contributed by atoms with Gasteiger partial charge in [-0.2, -0.15) is 0 Å². The molecule has 0 saturated carbocycles. The Morgan fingerprint density at radius 3 is 2.36 bits per heavy atom. The Labute approximate surface area is 176 Å². The molecule has 28 heavy (non-hydrogen) atoms. The van der Waals surface area contributed by atoms with Gasteiger partial charge in [0.1, 0.15) is 5.75 Å². The van der Waals surface area contributed by atoms with Crippen LogP contribution in [0.2, 0.25) is 0 Å². The quantitative estimate of drug-likeness (QED) is 0.473. The van der Waals surface area contributed by atoms with Crippen LogP contribution >= 0.6 is 24.0 Å². The minimum atomic E-state index is -0.0902. The highest BCUT2D eigenvalue weighted by molar-refractivity contribution is 8.27. The molecule has 0 spiro atoms. The van der Waals surface area contributed by atoms with Gasteiger partial charge in [-0.3, -0.25) is 9.69 Å². The molecule has 3 rings (SSSR count). The number of thioether (sulfide) groups is 1. The van der Waals surface area contributed by atoms with E-state index in [1.165, 1.54) is 11.8 Å². The van der Waals surface area contributed by atoms with Crippen LogP contribution in [0.5, 0.6) is 5.75 Å². The highest BCUT2D eigenvalue weighted by Gasteiger charge is 2.33. The molecule has 4 nitrogen and oxygen atoms in total. The van der Waals surface area contributed by atoms with E-state index in [0.29, 0.717) is 9.23 Å². The SMILES string of the molecule is CC[C@H](C)Oc1ccc(/C=C2\SC(=S)N(c3ccc(N(C)C)cc3)C2=O)cc1. The molecule has 0 aliphatic carbocycles. The Kier molecular flexibility index (Phi) is 6.42. The van der Waals surface area contributed by atoms with Crippen LogP contribution in [0.4, 0.5) is 11.4 Å². The first-order chi connectivity index (χ1) is 13.4. The number of anilines is 2. The van der Waals surface area contributed by atoms with Crippen LogP contribution in [0, 0.1) is 0 Å². The normalized spacial score (nSPS) is 16.6. The molecule has 146 valence electrons. The van der Waals surface area contributed by atoms with Crippen molar-refractivity contribution in [3.05, 3.63) is 59.0 Å². The molecule has 1 aliphatic heterocycles. The number of amides is 1. The lowest BCUT2D eigenvalue weighted by molar-refractivity contribution is -0.113. The lowest BCUT2D eigenvalue weighted by Gasteiger charge is -2.17. The van der Waals surface area contributed by atoms with Gasteiger partial charge < -0.3 is 9.64 Å². The number of thiocarbonyl (C=S) groups is 1. The number of benzene rings is 2. The Bertz CT molecular complexity index is 890. The third-order valence-corrected chi connectivity index (χ3v) is 5.81. The van der Waals surface area contributed by atoms with Crippen molar-refractivity contribution < 1.29 is 9.53 Å². The second-order valence-electron chi connectivity index (χ2n) is 6.83. The summed E-state index contributed by atoms with van der Waals surface area (Å²) < 4.78 is 6.35. The van der Waals surface area contributed by atoms with Gasteiger partial charge in [0, 0.05) is 19.8 Å². The molecule has 1 heterocycles. The van der Waals surface area contributed by atoms with Gasteiger partial charge in [0.25, 0.3) is 5.91 Å². The maximum atomic E-state index is 12.9. The van der Waals surface area contributed by atoms with E-state index in [4.69, 9.17) is 17.0 Å². The minimum Gasteiger partial charge on any atom is -0.491 e. The molecule has 1 saturated heterocycles. The first kappa shape index (κ1) is 20.4. The van der Waals surface area contributed by atoms with Crippen LogP contribution in [0.25, 0.3) is 6.08 Å². The van der Waals surface area contributed by atoms with Crippen molar-refractivity contribution in [3.63, 3.8) is 0 Å². The summed E-state index contributed by atoms with van der Waals surface area (Å²) in [5.74, 6) is 0.743. The average molecular weight is 413 g/mol. The van der Waals surface area contributed by atoms with E-state index < -0.39 is 0 Å². The molecule has 0 aromatic heterocycles. The molecule has 1 amide bonds. The summed E-state index contributed by atoms with van der Waals surface area (Å²) in [7, 11) is 3.97.